The predicted octanol–water partition coefficient (Wildman–Crippen LogP) is 4.98. The number of hydrogen-bond acceptors (Lipinski definition) is 2. The zero-order valence-corrected chi connectivity index (χ0v) is 16.0. The molecule has 2 nitrogen and oxygen atoms in total. The Morgan fingerprint density at radius 2 is 1.38 bits per heavy atom. The van der Waals surface area contributed by atoms with Crippen LogP contribution in [-0.4, -0.2) is 37.7 Å². The number of likely N-dealkylation sites (tertiary alicyclic amines) is 1. The monoisotopic (exact) mass is 351 g/mol. The zero-order valence-electron chi connectivity index (χ0n) is 16.0. The van der Waals surface area contributed by atoms with Crippen molar-refractivity contribution in [1.29, 1.82) is 0 Å². The van der Waals surface area contributed by atoms with Crippen molar-refractivity contribution in [3.05, 3.63) is 71.8 Å². The number of benzene rings is 2. The lowest BCUT2D eigenvalue weighted by Gasteiger charge is -2.32. The maximum atomic E-state index is 5.82. The molecule has 0 bridgehead atoms. The summed E-state index contributed by atoms with van der Waals surface area (Å²) in [5.74, 6) is 0.864. The summed E-state index contributed by atoms with van der Waals surface area (Å²) in [5.41, 5.74) is 2.91. The third-order valence-electron chi connectivity index (χ3n) is 5.43. The number of hydrogen-bond donors (Lipinski definition) is 0. The van der Waals surface area contributed by atoms with Crippen molar-refractivity contribution in [1.82, 2.24) is 4.90 Å². The van der Waals surface area contributed by atoms with Crippen LogP contribution in [0.25, 0.3) is 0 Å². The predicted molar refractivity (Wildman–Crippen MR) is 110 cm³/mol. The van der Waals surface area contributed by atoms with E-state index in [2.05, 4.69) is 65.6 Å². The van der Waals surface area contributed by atoms with Crippen molar-refractivity contribution in [2.45, 2.75) is 38.5 Å². The summed E-state index contributed by atoms with van der Waals surface area (Å²) in [6.07, 6.45) is 7.33. The van der Waals surface area contributed by atoms with E-state index in [1.807, 2.05) is 0 Å². The van der Waals surface area contributed by atoms with Crippen LogP contribution in [0, 0.1) is 5.92 Å². The minimum absolute atomic E-state index is 0.864. The first-order valence-electron chi connectivity index (χ1n) is 10.3. The molecule has 0 aromatic heterocycles. The van der Waals surface area contributed by atoms with E-state index in [0.29, 0.717) is 0 Å². The molecule has 0 N–H and O–H groups in total. The minimum atomic E-state index is 0.864. The Morgan fingerprint density at radius 1 is 0.769 bits per heavy atom. The molecule has 3 rings (SSSR count). The van der Waals surface area contributed by atoms with Gasteiger partial charge >= 0.3 is 0 Å². The Kier molecular flexibility index (Phi) is 8.21. The number of rotatable bonds is 10. The van der Waals surface area contributed by atoms with Gasteiger partial charge in [0.1, 0.15) is 0 Å². The van der Waals surface area contributed by atoms with E-state index in [4.69, 9.17) is 4.74 Å². The maximum absolute atomic E-state index is 5.82. The van der Waals surface area contributed by atoms with E-state index in [1.54, 1.807) is 0 Å². The van der Waals surface area contributed by atoms with Crippen LogP contribution in [0.5, 0.6) is 0 Å². The second-order valence-electron chi connectivity index (χ2n) is 7.53. The Morgan fingerprint density at radius 3 is 2.08 bits per heavy atom. The fourth-order valence-electron chi connectivity index (χ4n) is 3.88. The molecule has 1 fully saturated rings. The van der Waals surface area contributed by atoms with Crippen LogP contribution in [0.1, 0.15) is 36.8 Å². The summed E-state index contributed by atoms with van der Waals surface area (Å²) in [5, 5.41) is 0. The van der Waals surface area contributed by atoms with Gasteiger partial charge in [-0.25, -0.2) is 0 Å². The van der Waals surface area contributed by atoms with Crippen LogP contribution in [0.3, 0.4) is 0 Å². The zero-order chi connectivity index (χ0) is 17.9. The van der Waals surface area contributed by atoms with Crippen molar-refractivity contribution >= 4 is 0 Å². The van der Waals surface area contributed by atoms with Crippen LogP contribution in [0.15, 0.2) is 60.7 Å². The van der Waals surface area contributed by atoms with Crippen molar-refractivity contribution in [3.63, 3.8) is 0 Å². The molecule has 2 aromatic rings. The Bertz CT molecular complexity index is 590. The van der Waals surface area contributed by atoms with Gasteiger partial charge in [-0.05, 0) is 68.7 Å². The molecule has 2 heteroatoms. The summed E-state index contributed by atoms with van der Waals surface area (Å²) in [6.45, 7) is 5.49. The highest BCUT2D eigenvalue weighted by Crippen LogP contribution is 2.21. The number of ether oxygens (including phenoxy) is 1. The summed E-state index contributed by atoms with van der Waals surface area (Å²) in [7, 11) is 0. The number of nitrogens with zero attached hydrogens (tertiary/aromatic N) is 1. The van der Waals surface area contributed by atoms with Crippen molar-refractivity contribution in [3.8, 4) is 0 Å². The van der Waals surface area contributed by atoms with E-state index in [0.717, 1.165) is 38.4 Å². The summed E-state index contributed by atoms with van der Waals surface area (Å²) in [4.78, 5) is 2.62. The fraction of sp³-hybridized carbons (Fsp3) is 0.500. The fourth-order valence-corrected chi connectivity index (χ4v) is 3.88. The normalized spacial score (nSPS) is 16.0. The summed E-state index contributed by atoms with van der Waals surface area (Å²) >= 11 is 0. The van der Waals surface area contributed by atoms with Crippen LogP contribution in [0.4, 0.5) is 0 Å². The highest BCUT2D eigenvalue weighted by Gasteiger charge is 2.18. The van der Waals surface area contributed by atoms with Gasteiger partial charge < -0.3 is 9.64 Å². The molecule has 0 unspecified atom stereocenters. The van der Waals surface area contributed by atoms with Gasteiger partial charge in [-0.2, -0.15) is 0 Å². The second kappa shape index (κ2) is 11.2. The molecule has 1 heterocycles. The molecule has 2 aromatic carbocycles. The molecule has 1 aliphatic heterocycles. The molecule has 0 saturated carbocycles. The molecule has 0 spiro atoms. The Hall–Kier alpha value is -1.64. The van der Waals surface area contributed by atoms with Crippen molar-refractivity contribution in [2.24, 2.45) is 5.92 Å². The van der Waals surface area contributed by atoms with E-state index >= 15 is 0 Å². The first kappa shape index (κ1) is 19.1. The Balaban J connectivity index is 1.19. The molecule has 0 aliphatic carbocycles. The quantitative estimate of drug-likeness (QED) is 0.560. The molecular weight excluding hydrogens is 318 g/mol. The SMILES string of the molecule is c1ccc(CCCOCCCN2CCC(Cc3ccccc3)CC2)cc1. The van der Waals surface area contributed by atoms with E-state index in [-0.39, 0.29) is 0 Å². The third kappa shape index (κ3) is 6.93. The lowest BCUT2D eigenvalue weighted by atomic mass is 9.90. The number of piperidine rings is 1. The standard InChI is InChI=1S/C24H33NO/c1-3-9-22(10-4-1)13-7-19-26-20-8-16-25-17-14-24(15-18-25)21-23-11-5-2-6-12-23/h1-6,9-12,24H,7-8,13-21H2. The number of aryl methyl sites for hydroxylation is 1. The molecule has 1 aliphatic rings. The van der Waals surface area contributed by atoms with Gasteiger partial charge in [-0.15, -0.1) is 0 Å². The lowest BCUT2D eigenvalue weighted by molar-refractivity contribution is 0.110. The highest BCUT2D eigenvalue weighted by atomic mass is 16.5. The van der Waals surface area contributed by atoms with Gasteiger partial charge in [0, 0.05) is 19.8 Å². The van der Waals surface area contributed by atoms with E-state index < -0.39 is 0 Å². The van der Waals surface area contributed by atoms with Gasteiger partial charge in [0.05, 0.1) is 0 Å². The van der Waals surface area contributed by atoms with Crippen molar-refractivity contribution in [2.75, 3.05) is 32.8 Å². The topological polar surface area (TPSA) is 12.5 Å². The van der Waals surface area contributed by atoms with Crippen molar-refractivity contribution < 1.29 is 4.74 Å². The second-order valence-corrected chi connectivity index (χ2v) is 7.53. The smallest absolute Gasteiger partial charge is 0.0478 e. The molecule has 0 amide bonds. The lowest BCUT2D eigenvalue weighted by Crippen LogP contribution is -2.35. The summed E-state index contributed by atoms with van der Waals surface area (Å²) in [6, 6.07) is 21.6. The van der Waals surface area contributed by atoms with Gasteiger partial charge in [-0.3, -0.25) is 0 Å². The van der Waals surface area contributed by atoms with E-state index in [1.165, 1.54) is 50.0 Å². The first-order valence-corrected chi connectivity index (χ1v) is 10.3. The molecular formula is C24H33NO. The molecule has 26 heavy (non-hydrogen) atoms. The van der Waals surface area contributed by atoms with Gasteiger partial charge in [0.2, 0.25) is 0 Å². The highest BCUT2D eigenvalue weighted by molar-refractivity contribution is 5.15. The minimum Gasteiger partial charge on any atom is -0.381 e. The third-order valence-corrected chi connectivity index (χ3v) is 5.43. The molecule has 0 atom stereocenters. The molecule has 140 valence electrons. The average molecular weight is 352 g/mol. The maximum Gasteiger partial charge on any atom is 0.0478 e. The summed E-state index contributed by atoms with van der Waals surface area (Å²) < 4.78 is 5.82. The largest absolute Gasteiger partial charge is 0.381 e. The van der Waals surface area contributed by atoms with Gasteiger partial charge in [0.15, 0.2) is 0 Å². The molecule has 0 radical (unpaired) electrons. The van der Waals surface area contributed by atoms with Gasteiger partial charge in [0.25, 0.3) is 0 Å². The van der Waals surface area contributed by atoms with Gasteiger partial charge in [-0.1, -0.05) is 60.7 Å². The average Bonchev–Trinajstić information content (AvgIpc) is 2.70. The molecule has 1 saturated heterocycles. The van der Waals surface area contributed by atoms with Crippen LogP contribution >= 0.6 is 0 Å². The van der Waals surface area contributed by atoms with E-state index in [9.17, 15) is 0 Å². The first-order chi connectivity index (χ1) is 12.9. The van der Waals surface area contributed by atoms with Crippen LogP contribution < -0.4 is 0 Å². The van der Waals surface area contributed by atoms with Crippen LogP contribution in [-0.2, 0) is 17.6 Å². The Labute approximate surface area is 159 Å². The van der Waals surface area contributed by atoms with Crippen LogP contribution in [0.2, 0.25) is 0 Å².